The minimum atomic E-state index is -1.03. The molecule has 0 aliphatic carbocycles. The normalized spacial score (nSPS) is 13.4. The molecule has 0 bridgehead atoms. The van der Waals surface area contributed by atoms with Crippen LogP contribution in [0.5, 0.6) is 0 Å². The van der Waals surface area contributed by atoms with E-state index in [0.29, 0.717) is 12.8 Å². The van der Waals surface area contributed by atoms with Gasteiger partial charge in [-0.3, -0.25) is 14.4 Å². The lowest BCUT2D eigenvalue weighted by atomic mass is 10.0. The molecule has 1 unspecified atom stereocenters. The van der Waals surface area contributed by atoms with Gasteiger partial charge in [0.2, 0.25) is 5.91 Å². The molecule has 0 saturated carbocycles. The smallest absolute Gasteiger partial charge is 0.322 e. The van der Waals surface area contributed by atoms with Gasteiger partial charge in [-0.25, -0.2) is 0 Å². The first-order chi connectivity index (χ1) is 28.5. The van der Waals surface area contributed by atoms with E-state index >= 15 is 0 Å². The second-order valence-electron chi connectivity index (χ2n) is 14.2. The fraction of sp³-hybridized carbons (Fsp3) is 0.519. The maximum Gasteiger partial charge on any atom is 0.322 e. The SMILES string of the molecule is CC/C=C\C/C=C\C/C=C\C/C=C\C/C=C\C/C=C\C/C=C\CCCC(=O)OC(CC/C=C\C/C=C\C/C=C\C/C=C\CC)CCCCCCCC(=O)NCC(=O)O. The third kappa shape index (κ3) is 44.3. The average molecular weight is 798 g/mol. The van der Waals surface area contributed by atoms with Crippen LogP contribution in [0.4, 0.5) is 0 Å². The third-order valence-corrected chi connectivity index (χ3v) is 8.83. The third-order valence-electron chi connectivity index (χ3n) is 8.83. The summed E-state index contributed by atoms with van der Waals surface area (Å²) in [6, 6.07) is 0. The standard InChI is InChI=1S/C52H79NO5/c1-3-5-7-9-11-13-15-17-18-19-20-21-22-23-24-25-26-28-30-32-34-39-43-47-52(57)58-49(45-41-37-35-38-42-46-50(54)53-48-51(55)56)44-40-36-33-31-29-27-16-14-12-10-8-6-4-2/h5-8,11-14,17-18,20-21,23-24,26-29,32-34,36,49H,3-4,9-10,15-16,19,22,25,30-31,35,37-48H2,1-2H3,(H,53,54)(H,55,56)/b7-5-,8-6-,13-11-,14-12-,18-17-,21-20-,24-23-,28-26-,29-27-,34-32-,36-33-. The molecule has 0 aromatic rings. The van der Waals surface area contributed by atoms with Crippen molar-refractivity contribution >= 4 is 17.8 Å². The number of ether oxygens (including phenoxy) is 1. The lowest BCUT2D eigenvalue weighted by Gasteiger charge is -2.17. The summed E-state index contributed by atoms with van der Waals surface area (Å²) in [6.45, 7) is 3.97. The zero-order chi connectivity index (χ0) is 42.3. The van der Waals surface area contributed by atoms with Gasteiger partial charge in [-0.2, -0.15) is 0 Å². The van der Waals surface area contributed by atoms with E-state index in [1.54, 1.807) is 0 Å². The number of carboxylic acid groups (broad SMARTS) is 1. The van der Waals surface area contributed by atoms with Gasteiger partial charge in [0.05, 0.1) is 0 Å². The van der Waals surface area contributed by atoms with Crippen LogP contribution in [0.3, 0.4) is 0 Å². The van der Waals surface area contributed by atoms with Gasteiger partial charge in [-0.1, -0.05) is 167 Å². The van der Waals surface area contributed by atoms with Crippen molar-refractivity contribution in [3.8, 4) is 0 Å². The molecule has 6 heteroatoms. The summed E-state index contributed by atoms with van der Waals surface area (Å²) in [5.74, 6) is -1.37. The number of rotatable bonds is 38. The molecule has 0 aliphatic heterocycles. The molecule has 0 aromatic heterocycles. The summed E-state index contributed by atoms with van der Waals surface area (Å²) in [7, 11) is 0. The Labute approximate surface area is 354 Å². The predicted molar refractivity (Wildman–Crippen MR) is 249 cm³/mol. The molecule has 0 rings (SSSR count). The lowest BCUT2D eigenvalue weighted by Crippen LogP contribution is -2.28. The van der Waals surface area contributed by atoms with E-state index in [2.05, 4.69) is 153 Å². The number of carbonyl (C=O) groups is 3. The van der Waals surface area contributed by atoms with Crippen LogP contribution in [0.1, 0.15) is 162 Å². The first-order valence-corrected chi connectivity index (χ1v) is 22.3. The van der Waals surface area contributed by atoms with Crippen LogP contribution in [0.25, 0.3) is 0 Å². The molecular weight excluding hydrogens is 719 g/mol. The second kappa shape index (κ2) is 45.3. The van der Waals surface area contributed by atoms with Crippen molar-refractivity contribution in [2.45, 2.75) is 168 Å². The van der Waals surface area contributed by atoms with Crippen LogP contribution in [0.2, 0.25) is 0 Å². The van der Waals surface area contributed by atoms with Crippen LogP contribution in [-0.2, 0) is 19.1 Å². The molecule has 2 N–H and O–H groups in total. The number of aliphatic carboxylic acids is 1. The molecule has 322 valence electrons. The Kier molecular flexibility index (Phi) is 41.8. The van der Waals surface area contributed by atoms with E-state index in [9.17, 15) is 14.4 Å². The molecule has 0 spiro atoms. The molecule has 58 heavy (non-hydrogen) atoms. The number of unbranched alkanes of at least 4 members (excludes halogenated alkanes) is 5. The molecular formula is C52H79NO5. The molecule has 1 atom stereocenters. The van der Waals surface area contributed by atoms with Gasteiger partial charge < -0.3 is 15.2 Å². The van der Waals surface area contributed by atoms with Crippen molar-refractivity contribution in [2.24, 2.45) is 0 Å². The molecule has 1 amide bonds. The van der Waals surface area contributed by atoms with Gasteiger partial charge in [0, 0.05) is 12.8 Å². The van der Waals surface area contributed by atoms with Gasteiger partial charge in [0.25, 0.3) is 0 Å². The minimum absolute atomic E-state index is 0.0926. The summed E-state index contributed by atoms with van der Waals surface area (Å²) >= 11 is 0. The van der Waals surface area contributed by atoms with Gasteiger partial charge in [-0.15, -0.1) is 0 Å². The monoisotopic (exact) mass is 798 g/mol. The van der Waals surface area contributed by atoms with Crippen molar-refractivity contribution in [3.05, 3.63) is 134 Å². The maximum atomic E-state index is 12.8. The quantitative estimate of drug-likeness (QED) is 0.0369. The van der Waals surface area contributed by atoms with E-state index in [4.69, 9.17) is 9.84 Å². The summed E-state index contributed by atoms with van der Waals surface area (Å²) < 4.78 is 5.96. The fourth-order valence-electron chi connectivity index (χ4n) is 5.61. The van der Waals surface area contributed by atoms with Gasteiger partial charge in [0.1, 0.15) is 12.6 Å². The van der Waals surface area contributed by atoms with Crippen molar-refractivity contribution in [1.82, 2.24) is 5.32 Å². The number of carbonyl (C=O) groups excluding carboxylic acids is 2. The highest BCUT2D eigenvalue weighted by molar-refractivity contribution is 5.80. The van der Waals surface area contributed by atoms with Gasteiger partial charge in [-0.05, 0) is 116 Å². The fourth-order valence-corrected chi connectivity index (χ4v) is 5.61. The molecule has 0 aromatic carbocycles. The Morgan fingerprint density at radius 1 is 0.448 bits per heavy atom. The lowest BCUT2D eigenvalue weighted by molar-refractivity contribution is -0.149. The molecule has 0 saturated heterocycles. The van der Waals surface area contributed by atoms with Crippen LogP contribution in [-0.4, -0.2) is 35.6 Å². The summed E-state index contributed by atoms with van der Waals surface area (Å²) in [5, 5.41) is 11.1. The Morgan fingerprint density at radius 2 is 0.828 bits per heavy atom. The van der Waals surface area contributed by atoms with Gasteiger partial charge in [0.15, 0.2) is 0 Å². The summed E-state index contributed by atoms with van der Waals surface area (Å²) in [4.78, 5) is 35.1. The van der Waals surface area contributed by atoms with Crippen LogP contribution in [0, 0.1) is 0 Å². The zero-order valence-electron chi connectivity index (χ0n) is 36.3. The Hall–Kier alpha value is -4.45. The maximum absolute atomic E-state index is 12.8. The summed E-state index contributed by atoms with van der Waals surface area (Å²) in [6.07, 6.45) is 68.6. The van der Waals surface area contributed by atoms with Crippen LogP contribution in [0.15, 0.2) is 134 Å². The number of hydrogen-bond acceptors (Lipinski definition) is 4. The number of amides is 1. The number of hydrogen-bond donors (Lipinski definition) is 2. The minimum Gasteiger partial charge on any atom is -0.480 e. The largest absolute Gasteiger partial charge is 0.480 e. The molecule has 0 fully saturated rings. The Balaban J connectivity index is 4.39. The molecule has 0 aliphatic rings. The van der Waals surface area contributed by atoms with Crippen LogP contribution >= 0.6 is 0 Å². The number of carboxylic acids is 1. The van der Waals surface area contributed by atoms with E-state index in [1.807, 2.05) is 0 Å². The van der Waals surface area contributed by atoms with Gasteiger partial charge >= 0.3 is 11.9 Å². The van der Waals surface area contributed by atoms with Crippen molar-refractivity contribution in [2.75, 3.05) is 6.54 Å². The van der Waals surface area contributed by atoms with Crippen molar-refractivity contribution in [3.63, 3.8) is 0 Å². The van der Waals surface area contributed by atoms with E-state index < -0.39 is 5.97 Å². The second-order valence-corrected chi connectivity index (χ2v) is 14.2. The Bertz CT molecular complexity index is 1340. The Morgan fingerprint density at radius 3 is 1.26 bits per heavy atom. The number of esters is 1. The first-order valence-electron chi connectivity index (χ1n) is 22.3. The van der Waals surface area contributed by atoms with E-state index in [-0.39, 0.29) is 24.5 Å². The molecule has 0 radical (unpaired) electrons. The number of nitrogens with one attached hydrogen (secondary N) is 1. The molecule has 0 heterocycles. The van der Waals surface area contributed by atoms with E-state index in [0.717, 1.165) is 135 Å². The predicted octanol–water partition coefficient (Wildman–Crippen LogP) is 14.2. The molecule has 6 nitrogen and oxygen atoms in total. The topological polar surface area (TPSA) is 92.7 Å². The highest BCUT2D eigenvalue weighted by Crippen LogP contribution is 2.16. The van der Waals surface area contributed by atoms with Crippen LogP contribution < -0.4 is 5.32 Å². The first kappa shape index (κ1) is 53.6. The summed E-state index contributed by atoms with van der Waals surface area (Å²) in [5.41, 5.74) is 0. The van der Waals surface area contributed by atoms with E-state index in [1.165, 1.54) is 0 Å². The highest BCUT2D eigenvalue weighted by atomic mass is 16.5. The van der Waals surface area contributed by atoms with Crippen molar-refractivity contribution < 1.29 is 24.2 Å². The average Bonchev–Trinajstić information content (AvgIpc) is 3.21. The number of allylic oxidation sites excluding steroid dienone is 22. The zero-order valence-corrected chi connectivity index (χ0v) is 36.3. The van der Waals surface area contributed by atoms with Crippen molar-refractivity contribution in [1.29, 1.82) is 0 Å². The highest BCUT2D eigenvalue weighted by Gasteiger charge is 2.13.